The fraction of sp³-hybridized carbons (Fsp3) is 0.400. The average Bonchev–Trinajstić information content (AvgIpc) is 3.06. The SMILES string of the molecule is CN(C)c1ccc(/C=C/C/C=C\C=C/[NH2+]CCCCOCC(O)C2OC(=O)C(O)=C2O)cc1. The van der Waals surface area contributed by atoms with Gasteiger partial charge in [0.2, 0.25) is 5.76 Å². The van der Waals surface area contributed by atoms with E-state index < -0.39 is 29.7 Å². The topological polar surface area (TPSA) is 116 Å². The fourth-order valence-corrected chi connectivity index (χ4v) is 3.05. The van der Waals surface area contributed by atoms with Gasteiger partial charge in [0.25, 0.3) is 0 Å². The first-order valence-electron chi connectivity index (χ1n) is 11.1. The molecule has 8 heteroatoms. The van der Waals surface area contributed by atoms with Gasteiger partial charge in [0.15, 0.2) is 11.9 Å². The van der Waals surface area contributed by atoms with Crippen molar-refractivity contribution in [3.63, 3.8) is 0 Å². The molecule has 0 bridgehead atoms. The minimum Gasteiger partial charge on any atom is -0.505 e. The molecule has 0 amide bonds. The molecule has 8 nitrogen and oxygen atoms in total. The number of aliphatic hydroxyl groups is 3. The highest BCUT2D eigenvalue weighted by molar-refractivity contribution is 5.89. The van der Waals surface area contributed by atoms with Gasteiger partial charge in [-0.15, -0.1) is 0 Å². The van der Waals surface area contributed by atoms with Crippen molar-refractivity contribution in [2.75, 3.05) is 38.8 Å². The van der Waals surface area contributed by atoms with Crippen molar-refractivity contribution >= 4 is 17.7 Å². The number of aliphatic hydroxyl groups excluding tert-OH is 3. The van der Waals surface area contributed by atoms with Crippen LogP contribution < -0.4 is 10.2 Å². The summed E-state index contributed by atoms with van der Waals surface area (Å²) in [5.74, 6) is -2.56. The van der Waals surface area contributed by atoms with Crippen molar-refractivity contribution in [3.8, 4) is 0 Å². The summed E-state index contributed by atoms with van der Waals surface area (Å²) in [5.41, 5.74) is 2.38. The van der Waals surface area contributed by atoms with Gasteiger partial charge in [0, 0.05) is 26.4 Å². The molecule has 1 aromatic rings. The van der Waals surface area contributed by atoms with Crippen LogP contribution in [0.3, 0.4) is 0 Å². The van der Waals surface area contributed by atoms with E-state index >= 15 is 0 Å². The monoisotopic (exact) mass is 459 g/mol. The van der Waals surface area contributed by atoms with E-state index in [2.05, 4.69) is 57.4 Å². The highest BCUT2D eigenvalue weighted by atomic mass is 16.6. The molecule has 0 aromatic heterocycles. The molecule has 1 heterocycles. The number of hydrogen-bond acceptors (Lipinski definition) is 7. The smallest absolute Gasteiger partial charge is 0.377 e. The number of cyclic esters (lactones) is 1. The Bertz CT molecular complexity index is 858. The third-order valence-electron chi connectivity index (χ3n) is 4.97. The van der Waals surface area contributed by atoms with Gasteiger partial charge in [0.05, 0.1) is 19.4 Å². The van der Waals surface area contributed by atoms with Crippen LogP contribution in [0.25, 0.3) is 6.08 Å². The predicted molar refractivity (Wildman–Crippen MR) is 128 cm³/mol. The number of carbonyl (C=O) groups is 1. The first-order valence-corrected chi connectivity index (χ1v) is 11.1. The van der Waals surface area contributed by atoms with Crippen molar-refractivity contribution in [3.05, 3.63) is 71.9 Å². The number of allylic oxidation sites excluding steroid dienone is 4. The summed E-state index contributed by atoms with van der Waals surface area (Å²) in [5, 5.41) is 30.7. The molecule has 2 rings (SSSR count). The van der Waals surface area contributed by atoms with Crippen LogP contribution in [0.4, 0.5) is 5.69 Å². The summed E-state index contributed by atoms with van der Waals surface area (Å²) in [6.45, 7) is 1.26. The molecule has 33 heavy (non-hydrogen) atoms. The van der Waals surface area contributed by atoms with Crippen LogP contribution in [0, 0.1) is 0 Å². The summed E-state index contributed by atoms with van der Waals surface area (Å²) in [7, 11) is 4.06. The Morgan fingerprint density at radius 2 is 1.91 bits per heavy atom. The van der Waals surface area contributed by atoms with E-state index in [-0.39, 0.29) is 6.61 Å². The molecule has 0 radical (unpaired) electrons. The number of hydrogen-bond donors (Lipinski definition) is 4. The molecule has 0 spiro atoms. The largest absolute Gasteiger partial charge is 0.505 e. The van der Waals surface area contributed by atoms with E-state index in [4.69, 9.17) is 4.74 Å². The lowest BCUT2D eigenvalue weighted by atomic mass is 10.1. The van der Waals surface area contributed by atoms with Crippen molar-refractivity contribution in [2.45, 2.75) is 31.5 Å². The Morgan fingerprint density at radius 3 is 2.58 bits per heavy atom. The zero-order chi connectivity index (χ0) is 24.1. The number of rotatable bonds is 14. The van der Waals surface area contributed by atoms with Gasteiger partial charge in [-0.3, -0.25) is 0 Å². The maximum Gasteiger partial charge on any atom is 0.377 e. The minimum absolute atomic E-state index is 0.0977. The van der Waals surface area contributed by atoms with E-state index in [0.29, 0.717) is 6.61 Å². The van der Waals surface area contributed by atoms with Gasteiger partial charge in [0.1, 0.15) is 6.10 Å². The molecule has 1 aliphatic rings. The van der Waals surface area contributed by atoms with Crippen molar-refractivity contribution in [2.24, 2.45) is 0 Å². The molecule has 1 aliphatic heterocycles. The van der Waals surface area contributed by atoms with Gasteiger partial charge in [-0.2, -0.15) is 0 Å². The van der Waals surface area contributed by atoms with Crippen molar-refractivity contribution in [1.29, 1.82) is 0 Å². The van der Waals surface area contributed by atoms with Crippen LogP contribution in [0.15, 0.2) is 66.3 Å². The Morgan fingerprint density at radius 1 is 1.15 bits per heavy atom. The zero-order valence-electron chi connectivity index (χ0n) is 19.3. The maximum absolute atomic E-state index is 11.1. The molecule has 2 atom stereocenters. The van der Waals surface area contributed by atoms with Crippen LogP contribution in [-0.4, -0.2) is 67.4 Å². The van der Waals surface area contributed by atoms with Gasteiger partial charge in [-0.25, -0.2) is 4.79 Å². The lowest BCUT2D eigenvalue weighted by Gasteiger charge is -2.17. The number of benzene rings is 1. The summed E-state index contributed by atoms with van der Waals surface area (Å²) in [6.07, 6.45) is 12.5. The van der Waals surface area contributed by atoms with Crippen LogP contribution >= 0.6 is 0 Å². The molecule has 5 N–H and O–H groups in total. The number of esters is 1. The third-order valence-corrected chi connectivity index (χ3v) is 4.97. The van der Waals surface area contributed by atoms with Gasteiger partial charge < -0.3 is 35.0 Å². The van der Waals surface area contributed by atoms with E-state index in [0.717, 1.165) is 25.8 Å². The lowest BCUT2D eigenvalue weighted by molar-refractivity contribution is -0.588. The molecule has 1 aromatic carbocycles. The van der Waals surface area contributed by atoms with Crippen molar-refractivity contribution in [1.82, 2.24) is 0 Å². The number of carbonyl (C=O) groups excluding carboxylic acids is 1. The number of nitrogens with two attached hydrogens (primary N) is 1. The Balaban J connectivity index is 1.47. The van der Waals surface area contributed by atoms with Crippen LogP contribution in [0.1, 0.15) is 24.8 Å². The summed E-state index contributed by atoms with van der Waals surface area (Å²) < 4.78 is 10.0. The molecule has 180 valence electrons. The van der Waals surface area contributed by atoms with Crippen LogP contribution in [0.2, 0.25) is 0 Å². The second-order valence-corrected chi connectivity index (χ2v) is 7.87. The maximum atomic E-state index is 11.1. The Kier molecular flexibility index (Phi) is 11.2. The van der Waals surface area contributed by atoms with Crippen molar-refractivity contribution < 1.29 is 34.9 Å². The van der Waals surface area contributed by atoms with Crippen LogP contribution in [0.5, 0.6) is 0 Å². The average molecular weight is 460 g/mol. The molecule has 0 saturated carbocycles. The standard InChI is InChI=1S/C25H34N2O6/c1-27(2)20-13-11-19(12-14-20)10-6-4-3-5-7-15-26-16-8-9-17-32-18-21(28)24-22(29)23(30)25(31)33-24/h3,5-7,10-15,21,24,26,28-30H,4,8-9,16-18H2,1-2H3/p+1/b5-3-,10-6+,15-7-. The van der Waals surface area contributed by atoms with Gasteiger partial charge >= 0.3 is 5.97 Å². The summed E-state index contributed by atoms with van der Waals surface area (Å²) in [4.78, 5) is 13.2. The lowest BCUT2D eigenvalue weighted by Crippen LogP contribution is -2.78. The summed E-state index contributed by atoms with van der Waals surface area (Å²) >= 11 is 0. The number of quaternary nitrogens is 1. The predicted octanol–water partition coefficient (Wildman–Crippen LogP) is 2.20. The zero-order valence-corrected chi connectivity index (χ0v) is 19.3. The second-order valence-electron chi connectivity index (χ2n) is 7.87. The van der Waals surface area contributed by atoms with Gasteiger partial charge in [-0.05, 0) is 43.0 Å². The first-order chi connectivity index (χ1) is 15.9. The highest BCUT2D eigenvalue weighted by Gasteiger charge is 2.39. The van der Waals surface area contributed by atoms with Gasteiger partial charge in [-0.1, -0.05) is 36.4 Å². The van der Waals surface area contributed by atoms with E-state index in [1.165, 1.54) is 11.3 Å². The number of ether oxygens (including phenoxy) is 2. The van der Waals surface area contributed by atoms with E-state index in [1.54, 1.807) is 0 Å². The highest BCUT2D eigenvalue weighted by Crippen LogP contribution is 2.21. The Hall–Kier alpha value is -3.07. The number of unbranched alkanes of at least 4 members (excludes halogenated alkanes) is 1. The molecular formula is C25H35N2O6+. The van der Waals surface area contributed by atoms with E-state index in [9.17, 15) is 20.1 Å². The second kappa shape index (κ2) is 14.2. The minimum atomic E-state index is -1.27. The number of nitrogens with zero attached hydrogens (tertiary/aromatic N) is 1. The molecule has 0 aliphatic carbocycles. The first kappa shape index (κ1) is 26.2. The Labute approximate surface area is 195 Å². The normalized spacial score (nSPS) is 17.5. The molecule has 0 fully saturated rings. The molecular weight excluding hydrogens is 424 g/mol. The molecule has 2 unspecified atom stereocenters. The summed E-state index contributed by atoms with van der Waals surface area (Å²) in [6, 6.07) is 8.43. The van der Waals surface area contributed by atoms with E-state index in [1.807, 2.05) is 32.4 Å². The molecule has 0 saturated heterocycles. The third kappa shape index (κ3) is 9.13. The quantitative estimate of drug-likeness (QED) is 0.191. The van der Waals surface area contributed by atoms with Crippen LogP contribution in [-0.2, 0) is 14.3 Å². The number of anilines is 1. The fourth-order valence-electron chi connectivity index (χ4n) is 3.05.